The zero-order valence-corrected chi connectivity index (χ0v) is 12.9. The van der Waals surface area contributed by atoms with E-state index in [1.165, 1.54) is 5.56 Å². The fourth-order valence-corrected chi connectivity index (χ4v) is 2.17. The van der Waals surface area contributed by atoms with Gasteiger partial charge in [0.25, 0.3) is 0 Å². The van der Waals surface area contributed by atoms with Crippen LogP contribution in [0.5, 0.6) is 0 Å². The van der Waals surface area contributed by atoms with Gasteiger partial charge in [0.1, 0.15) is 0 Å². The van der Waals surface area contributed by atoms with E-state index in [2.05, 4.69) is 31.3 Å². The van der Waals surface area contributed by atoms with Crippen LogP contribution in [0.25, 0.3) is 0 Å². The van der Waals surface area contributed by atoms with E-state index in [1.807, 2.05) is 39.0 Å². The van der Waals surface area contributed by atoms with Crippen molar-refractivity contribution in [2.75, 3.05) is 0 Å². The first-order valence-electron chi connectivity index (χ1n) is 7.15. The smallest absolute Gasteiger partial charge is 0.155 e. The molecule has 0 radical (unpaired) electrons. The Balaban J connectivity index is 2.67. The maximum absolute atomic E-state index is 12.5. The molecule has 0 spiro atoms. The lowest BCUT2D eigenvalue weighted by atomic mass is 9.84. The van der Waals surface area contributed by atoms with Crippen LogP contribution in [0.2, 0.25) is 0 Å². The number of aryl methyl sites for hydroxylation is 1. The van der Waals surface area contributed by atoms with Crippen molar-refractivity contribution in [3.8, 4) is 0 Å². The van der Waals surface area contributed by atoms with Crippen molar-refractivity contribution < 1.29 is 4.79 Å². The number of hydrogen-bond acceptors (Lipinski definition) is 2. The van der Waals surface area contributed by atoms with Crippen molar-refractivity contribution in [1.82, 2.24) is 5.32 Å². The van der Waals surface area contributed by atoms with Gasteiger partial charge in [-0.15, -0.1) is 0 Å². The van der Waals surface area contributed by atoms with Gasteiger partial charge in [0.05, 0.1) is 6.04 Å². The minimum Gasteiger partial charge on any atom is -0.305 e. The quantitative estimate of drug-likeness (QED) is 0.847. The number of carbonyl (C=O) groups is 1. The largest absolute Gasteiger partial charge is 0.305 e. The van der Waals surface area contributed by atoms with Gasteiger partial charge in [-0.2, -0.15) is 0 Å². The molecule has 0 heterocycles. The van der Waals surface area contributed by atoms with Crippen molar-refractivity contribution in [3.05, 3.63) is 35.9 Å². The van der Waals surface area contributed by atoms with Gasteiger partial charge < -0.3 is 5.32 Å². The average Bonchev–Trinajstić information content (AvgIpc) is 2.33. The van der Waals surface area contributed by atoms with E-state index in [-0.39, 0.29) is 11.5 Å². The summed E-state index contributed by atoms with van der Waals surface area (Å²) in [6.07, 6.45) is 1.80. The molecule has 0 fully saturated rings. The first kappa shape index (κ1) is 15.9. The van der Waals surface area contributed by atoms with E-state index in [0.29, 0.717) is 11.8 Å². The standard InChI is InChI=1S/C17H27NO/c1-13(2)18-15(16(19)17(3,4)5)12-11-14-9-7-6-8-10-14/h6-10,13,15,18H,11-12H2,1-5H3/t15-/m0/s1. The van der Waals surface area contributed by atoms with E-state index in [4.69, 9.17) is 0 Å². The SMILES string of the molecule is CC(C)N[C@@H](CCc1ccccc1)C(=O)C(C)(C)C. The Bertz CT molecular complexity index is 389. The lowest BCUT2D eigenvalue weighted by Crippen LogP contribution is -2.46. The topological polar surface area (TPSA) is 29.1 Å². The second kappa shape index (κ2) is 6.85. The molecule has 1 aromatic rings. The number of Topliss-reactive ketones (excluding diaryl/α,β-unsaturated/α-hetero) is 1. The number of hydrogen-bond donors (Lipinski definition) is 1. The molecule has 19 heavy (non-hydrogen) atoms. The molecule has 0 saturated heterocycles. The van der Waals surface area contributed by atoms with Gasteiger partial charge in [0.2, 0.25) is 0 Å². The van der Waals surface area contributed by atoms with Crippen molar-refractivity contribution in [1.29, 1.82) is 0 Å². The highest BCUT2D eigenvalue weighted by Gasteiger charge is 2.29. The first-order valence-corrected chi connectivity index (χ1v) is 7.15. The minimum absolute atomic E-state index is 0.0554. The summed E-state index contributed by atoms with van der Waals surface area (Å²) in [6.45, 7) is 10.2. The molecule has 1 aromatic carbocycles. The molecule has 0 saturated carbocycles. The van der Waals surface area contributed by atoms with E-state index in [9.17, 15) is 4.79 Å². The fourth-order valence-electron chi connectivity index (χ4n) is 2.17. The summed E-state index contributed by atoms with van der Waals surface area (Å²) in [5.41, 5.74) is 1.00. The molecule has 0 aliphatic carbocycles. The average molecular weight is 261 g/mol. The van der Waals surface area contributed by atoms with Crippen molar-refractivity contribution in [2.45, 2.75) is 59.5 Å². The van der Waals surface area contributed by atoms with Crippen LogP contribution in [-0.2, 0) is 11.2 Å². The van der Waals surface area contributed by atoms with E-state index in [0.717, 1.165) is 12.8 Å². The molecule has 106 valence electrons. The van der Waals surface area contributed by atoms with Crippen LogP contribution >= 0.6 is 0 Å². The van der Waals surface area contributed by atoms with Crippen molar-refractivity contribution >= 4 is 5.78 Å². The van der Waals surface area contributed by atoms with Crippen LogP contribution in [0.15, 0.2) is 30.3 Å². The third-order valence-electron chi connectivity index (χ3n) is 3.15. The maximum atomic E-state index is 12.5. The summed E-state index contributed by atoms with van der Waals surface area (Å²) in [4.78, 5) is 12.5. The highest BCUT2D eigenvalue weighted by molar-refractivity contribution is 5.88. The predicted octanol–water partition coefficient (Wildman–Crippen LogP) is 3.60. The Morgan fingerprint density at radius 2 is 1.74 bits per heavy atom. The van der Waals surface area contributed by atoms with Crippen LogP contribution in [-0.4, -0.2) is 17.9 Å². The van der Waals surface area contributed by atoms with Gasteiger partial charge in [-0.1, -0.05) is 65.0 Å². The first-order chi connectivity index (χ1) is 8.80. The molecular weight excluding hydrogens is 234 g/mol. The van der Waals surface area contributed by atoms with Crippen LogP contribution in [0, 0.1) is 5.41 Å². The van der Waals surface area contributed by atoms with Gasteiger partial charge in [-0.05, 0) is 18.4 Å². The zero-order chi connectivity index (χ0) is 14.5. The third kappa shape index (κ3) is 5.56. The summed E-state index contributed by atoms with van der Waals surface area (Å²) >= 11 is 0. The Morgan fingerprint density at radius 1 is 1.16 bits per heavy atom. The number of benzene rings is 1. The van der Waals surface area contributed by atoms with Crippen molar-refractivity contribution in [3.63, 3.8) is 0 Å². The molecule has 0 aliphatic rings. The molecule has 2 heteroatoms. The minimum atomic E-state index is -0.288. The van der Waals surface area contributed by atoms with Crippen LogP contribution in [0.3, 0.4) is 0 Å². The van der Waals surface area contributed by atoms with Gasteiger partial charge in [-0.3, -0.25) is 4.79 Å². The maximum Gasteiger partial charge on any atom is 0.155 e. The zero-order valence-electron chi connectivity index (χ0n) is 12.9. The lowest BCUT2D eigenvalue weighted by molar-refractivity contribution is -0.128. The third-order valence-corrected chi connectivity index (χ3v) is 3.15. The van der Waals surface area contributed by atoms with Gasteiger partial charge in [-0.25, -0.2) is 0 Å². The Morgan fingerprint density at radius 3 is 2.21 bits per heavy atom. The van der Waals surface area contributed by atoms with Crippen LogP contribution in [0.1, 0.15) is 46.6 Å². The summed E-state index contributed by atoms with van der Waals surface area (Å²) in [5.74, 6) is 0.303. The predicted molar refractivity (Wildman–Crippen MR) is 81.3 cm³/mol. The normalized spacial score (nSPS) is 13.6. The van der Waals surface area contributed by atoms with Crippen LogP contribution in [0.4, 0.5) is 0 Å². The molecule has 1 N–H and O–H groups in total. The molecule has 0 unspecified atom stereocenters. The number of carbonyl (C=O) groups excluding carboxylic acids is 1. The summed E-state index contributed by atoms with van der Waals surface area (Å²) in [7, 11) is 0. The molecule has 0 aromatic heterocycles. The van der Waals surface area contributed by atoms with E-state index >= 15 is 0 Å². The van der Waals surface area contributed by atoms with Crippen LogP contribution < -0.4 is 5.32 Å². The Labute approximate surface area is 117 Å². The second-order valence-corrected chi connectivity index (χ2v) is 6.51. The molecular formula is C17H27NO. The fraction of sp³-hybridized carbons (Fsp3) is 0.588. The number of ketones is 1. The second-order valence-electron chi connectivity index (χ2n) is 6.51. The molecule has 1 rings (SSSR count). The highest BCUT2D eigenvalue weighted by Crippen LogP contribution is 2.19. The molecule has 0 bridgehead atoms. The molecule has 0 aliphatic heterocycles. The van der Waals surface area contributed by atoms with Crippen molar-refractivity contribution in [2.24, 2.45) is 5.41 Å². The van der Waals surface area contributed by atoms with Gasteiger partial charge in [0.15, 0.2) is 5.78 Å². The number of nitrogens with one attached hydrogen (secondary N) is 1. The van der Waals surface area contributed by atoms with E-state index < -0.39 is 0 Å². The highest BCUT2D eigenvalue weighted by atomic mass is 16.1. The Kier molecular flexibility index (Phi) is 5.74. The Hall–Kier alpha value is -1.15. The molecule has 0 amide bonds. The molecule has 1 atom stereocenters. The number of rotatable bonds is 6. The van der Waals surface area contributed by atoms with Gasteiger partial charge in [0, 0.05) is 11.5 Å². The summed E-state index contributed by atoms with van der Waals surface area (Å²) in [5, 5.41) is 3.41. The lowest BCUT2D eigenvalue weighted by Gasteiger charge is -2.27. The summed E-state index contributed by atoms with van der Waals surface area (Å²) < 4.78 is 0. The van der Waals surface area contributed by atoms with E-state index in [1.54, 1.807) is 0 Å². The monoisotopic (exact) mass is 261 g/mol. The summed E-state index contributed by atoms with van der Waals surface area (Å²) in [6, 6.07) is 10.6. The van der Waals surface area contributed by atoms with Gasteiger partial charge >= 0.3 is 0 Å². The molecule has 2 nitrogen and oxygen atoms in total.